The number of ether oxygens (including phenoxy) is 4. The van der Waals surface area contributed by atoms with E-state index in [1.54, 1.807) is 12.5 Å². The number of aliphatic carboxylic acids is 1. The maximum absolute atomic E-state index is 12.3. The number of hydrogen-bond donors (Lipinski definition) is 9. The molecule has 1 heterocycles. The van der Waals surface area contributed by atoms with Crippen LogP contribution in [0.15, 0.2) is 12.5 Å². The Labute approximate surface area is 452 Å². The number of rotatable bonds is 52. The number of nitrogens with zero attached hydrogens (tertiary/aromatic N) is 1. The van der Waals surface area contributed by atoms with Crippen molar-refractivity contribution in [2.75, 3.05) is 79.1 Å². The van der Waals surface area contributed by atoms with Crippen molar-refractivity contribution in [1.82, 2.24) is 31.2 Å². The molecular formula is C54H98N8O14. The van der Waals surface area contributed by atoms with Crippen LogP contribution in [-0.2, 0) is 63.7 Å². The molecule has 1 rings (SSSR count). The van der Waals surface area contributed by atoms with E-state index in [4.69, 9.17) is 35.5 Å². The van der Waals surface area contributed by atoms with Gasteiger partial charge in [-0.25, -0.2) is 9.78 Å². The molecule has 0 aliphatic carbocycles. The summed E-state index contributed by atoms with van der Waals surface area (Å²) in [6.45, 7) is 7.63. The lowest BCUT2D eigenvalue weighted by atomic mass is 9.95. The van der Waals surface area contributed by atoms with Gasteiger partial charge in [0.25, 0.3) is 0 Å². The number of carbonyl (C=O) groups is 8. The van der Waals surface area contributed by atoms with Gasteiger partial charge >= 0.3 is 5.97 Å². The molecule has 0 bridgehead atoms. The van der Waals surface area contributed by atoms with E-state index in [1.807, 2.05) is 0 Å². The van der Waals surface area contributed by atoms with Gasteiger partial charge in [-0.1, -0.05) is 104 Å². The maximum atomic E-state index is 12.3. The summed E-state index contributed by atoms with van der Waals surface area (Å²) in [5.41, 5.74) is 11.7. The number of aliphatic hydroxyl groups is 1. The molecule has 0 saturated carbocycles. The zero-order chi connectivity index (χ0) is 56.4. The second-order valence-corrected chi connectivity index (χ2v) is 19.4. The van der Waals surface area contributed by atoms with E-state index in [1.165, 1.54) is 71.1 Å². The summed E-state index contributed by atoms with van der Waals surface area (Å²) in [5.74, 6) is -2.32. The summed E-state index contributed by atoms with van der Waals surface area (Å²) in [6, 6.07) is -2.42. The normalized spacial score (nSPS) is 12.6. The fraction of sp³-hybridized carbons (Fsp3) is 0.796. The number of carboxylic acids is 1. The third kappa shape index (κ3) is 45.5. The first-order valence-corrected chi connectivity index (χ1v) is 27.9. The lowest BCUT2D eigenvalue weighted by Gasteiger charge is -2.14. The van der Waals surface area contributed by atoms with Crippen LogP contribution in [0.1, 0.15) is 174 Å². The van der Waals surface area contributed by atoms with Gasteiger partial charge in [-0.3, -0.25) is 38.9 Å². The monoisotopic (exact) mass is 1080 g/mol. The van der Waals surface area contributed by atoms with Crippen LogP contribution < -0.4 is 32.7 Å². The zero-order valence-electron chi connectivity index (χ0n) is 46.3. The van der Waals surface area contributed by atoms with Crippen LogP contribution in [0.4, 0.5) is 0 Å². The Morgan fingerprint density at radius 3 is 1.78 bits per heavy atom. The highest BCUT2D eigenvalue weighted by Gasteiger charge is 2.21. The molecule has 76 heavy (non-hydrogen) atoms. The molecule has 4 atom stereocenters. The van der Waals surface area contributed by atoms with Gasteiger partial charge in [0.15, 0.2) is 0 Å². The Morgan fingerprint density at radius 1 is 0.645 bits per heavy atom. The SMILES string of the molecule is CC(=O)CN[C@@H](CO)C(N)=O.CCCCCCCCCCCCCCCC(=O)N[C@@H](CCC(=O)CCCOCCOCC(=O)NCCOCCOCC(=O)NCCCC[C@@H](C)CCC(=O)[C@@H](N)Cc1cnc[nH]1)C(=O)O. The summed E-state index contributed by atoms with van der Waals surface area (Å²) in [6.07, 6.45) is 24.6. The standard InChI is InChI=1S/C48H86N6O11.C6H12N2O3/c1-3-4-5-6-7-8-9-10-11-12-13-14-15-21-45(57)54-43(48(60)61)24-23-41(55)20-18-28-62-30-32-64-37-47(59)52-27-29-63-31-33-65-36-46(58)51-26-17-16-19-39(2)22-25-44(56)42(49)34-40-35-50-38-53-40;1-4(10)2-8-5(3-9)6(7)11/h35,38-39,42-43H,3-34,36-37,49H2,1-2H3,(H,50,53)(H,51,58)(H,52,59)(H,54,57)(H,60,61);5,8-9H,2-3H2,1H3,(H2,7,11)/t39-,42+,43+;5-/m10/s1. The molecular weight excluding hydrogens is 985 g/mol. The van der Waals surface area contributed by atoms with Crippen LogP contribution in [0.2, 0.25) is 0 Å². The molecule has 1 aromatic rings. The minimum atomic E-state index is -1.14. The van der Waals surface area contributed by atoms with Crippen molar-refractivity contribution in [3.63, 3.8) is 0 Å². The number of nitrogens with one attached hydrogen (secondary N) is 5. The largest absolute Gasteiger partial charge is 0.480 e. The number of carbonyl (C=O) groups excluding carboxylic acids is 7. The predicted molar refractivity (Wildman–Crippen MR) is 289 cm³/mol. The molecule has 0 unspecified atom stereocenters. The van der Waals surface area contributed by atoms with E-state index in [2.05, 4.69) is 45.1 Å². The van der Waals surface area contributed by atoms with Crippen molar-refractivity contribution in [3.05, 3.63) is 18.2 Å². The molecule has 4 amide bonds. The Bertz CT molecular complexity index is 1690. The average Bonchev–Trinajstić information content (AvgIpc) is 3.90. The lowest BCUT2D eigenvalue weighted by Crippen LogP contribution is -2.45. The number of ketones is 3. The first-order valence-electron chi connectivity index (χ1n) is 27.9. The smallest absolute Gasteiger partial charge is 0.326 e. The van der Waals surface area contributed by atoms with E-state index in [-0.39, 0.29) is 114 Å². The average molecular weight is 1080 g/mol. The summed E-state index contributed by atoms with van der Waals surface area (Å²) >= 11 is 0. The van der Waals surface area contributed by atoms with Gasteiger partial charge in [0, 0.05) is 63.7 Å². The van der Waals surface area contributed by atoms with Gasteiger partial charge in [-0.05, 0) is 44.9 Å². The molecule has 0 saturated heterocycles. The van der Waals surface area contributed by atoms with Crippen molar-refractivity contribution in [2.45, 2.75) is 193 Å². The number of H-pyrrole nitrogens is 1. The van der Waals surface area contributed by atoms with E-state index in [9.17, 15) is 43.5 Å². The molecule has 22 heteroatoms. The molecule has 0 spiro atoms. The molecule has 0 fully saturated rings. The van der Waals surface area contributed by atoms with Crippen molar-refractivity contribution >= 4 is 46.9 Å². The number of imidazole rings is 1. The third-order valence-corrected chi connectivity index (χ3v) is 12.2. The van der Waals surface area contributed by atoms with Crippen LogP contribution in [0.3, 0.4) is 0 Å². The highest BCUT2D eigenvalue weighted by Crippen LogP contribution is 2.16. The van der Waals surface area contributed by atoms with Crippen molar-refractivity contribution < 1.29 is 67.5 Å². The van der Waals surface area contributed by atoms with Crippen LogP contribution in [0.5, 0.6) is 0 Å². The van der Waals surface area contributed by atoms with Gasteiger partial charge in [0.1, 0.15) is 42.6 Å². The number of carboxylic acid groups (broad SMARTS) is 1. The number of aromatic amines is 1. The predicted octanol–water partition coefficient (Wildman–Crippen LogP) is 3.93. The Kier molecular flexibility index (Phi) is 46.7. The lowest BCUT2D eigenvalue weighted by molar-refractivity contribution is -0.142. The van der Waals surface area contributed by atoms with Gasteiger partial charge in [-0.15, -0.1) is 0 Å². The number of amides is 4. The fourth-order valence-corrected chi connectivity index (χ4v) is 7.60. The number of Topliss-reactive ketones (excluding diaryl/α,β-unsaturated/α-hetero) is 3. The van der Waals surface area contributed by atoms with Crippen LogP contribution in [0.25, 0.3) is 0 Å². The van der Waals surface area contributed by atoms with Crippen molar-refractivity contribution in [2.24, 2.45) is 17.4 Å². The van der Waals surface area contributed by atoms with E-state index in [0.717, 1.165) is 50.6 Å². The first-order chi connectivity index (χ1) is 36.6. The van der Waals surface area contributed by atoms with E-state index < -0.39 is 30.0 Å². The minimum absolute atomic E-state index is 0.0498. The number of unbranched alkanes of at least 4 members (excludes halogenated alkanes) is 13. The number of primary amides is 1. The van der Waals surface area contributed by atoms with Gasteiger partial charge in [-0.2, -0.15) is 0 Å². The maximum Gasteiger partial charge on any atom is 0.326 e. The van der Waals surface area contributed by atoms with Crippen molar-refractivity contribution in [1.29, 1.82) is 0 Å². The number of aromatic nitrogens is 2. The highest BCUT2D eigenvalue weighted by molar-refractivity contribution is 5.85. The number of aliphatic hydroxyl groups excluding tert-OH is 1. The van der Waals surface area contributed by atoms with Crippen LogP contribution >= 0.6 is 0 Å². The third-order valence-electron chi connectivity index (χ3n) is 12.2. The summed E-state index contributed by atoms with van der Waals surface area (Å²) in [5, 5.41) is 28.7. The second-order valence-electron chi connectivity index (χ2n) is 19.4. The Balaban J connectivity index is 0.00000455. The quantitative estimate of drug-likeness (QED) is 0.0417. The van der Waals surface area contributed by atoms with Gasteiger partial charge < -0.3 is 61.6 Å². The van der Waals surface area contributed by atoms with E-state index >= 15 is 0 Å². The molecule has 1 aromatic heterocycles. The molecule has 0 aromatic carbocycles. The first kappa shape index (κ1) is 71.3. The second kappa shape index (κ2) is 49.8. The van der Waals surface area contributed by atoms with Crippen molar-refractivity contribution in [3.8, 4) is 0 Å². The Hall–Kier alpha value is -4.71. The molecule has 438 valence electrons. The summed E-state index contributed by atoms with van der Waals surface area (Å²) in [7, 11) is 0. The molecule has 0 aliphatic heterocycles. The number of hydrogen-bond acceptors (Lipinski definition) is 16. The Morgan fingerprint density at radius 2 is 1.22 bits per heavy atom. The van der Waals surface area contributed by atoms with E-state index in [0.29, 0.717) is 51.3 Å². The summed E-state index contributed by atoms with van der Waals surface area (Å²) in [4.78, 5) is 100. The molecule has 22 nitrogen and oxygen atoms in total. The number of nitrogens with two attached hydrogens (primary N) is 2. The molecule has 0 aliphatic rings. The minimum Gasteiger partial charge on any atom is -0.480 e. The fourth-order valence-electron chi connectivity index (χ4n) is 7.60. The highest BCUT2D eigenvalue weighted by atomic mass is 16.5. The topological polar surface area (TPSA) is 343 Å². The van der Waals surface area contributed by atoms with Crippen LogP contribution in [-0.4, -0.2) is 164 Å². The zero-order valence-corrected chi connectivity index (χ0v) is 46.3. The molecule has 0 radical (unpaired) electrons. The van der Waals surface area contributed by atoms with Crippen LogP contribution in [0, 0.1) is 5.92 Å². The molecule has 11 N–H and O–H groups in total. The van der Waals surface area contributed by atoms with Gasteiger partial charge in [0.05, 0.1) is 58.6 Å². The van der Waals surface area contributed by atoms with Gasteiger partial charge in [0.2, 0.25) is 23.6 Å². The summed E-state index contributed by atoms with van der Waals surface area (Å²) < 4.78 is 21.6.